The Morgan fingerprint density at radius 2 is 2.04 bits per heavy atom. The number of aromatic hydroxyl groups is 1. The number of amides is 1. The number of nitrogens with one attached hydrogen (secondary N) is 1. The Morgan fingerprint density at radius 1 is 1.27 bits per heavy atom. The predicted molar refractivity (Wildman–Crippen MR) is 106 cm³/mol. The van der Waals surface area contributed by atoms with Crippen LogP contribution in [0.15, 0.2) is 65.0 Å². The van der Waals surface area contributed by atoms with Crippen molar-refractivity contribution in [3.05, 3.63) is 71.2 Å². The van der Waals surface area contributed by atoms with Crippen molar-refractivity contribution in [1.82, 2.24) is 5.32 Å². The van der Waals surface area contributed by atoms with Crippen molar-refractivity contribution >= 4 is 34.6 Å². The van der Waals surface area contributed by atoms with Gasteiger partial charge in [0.05, 0.1) is 4.91 Å². The first kappa shape index (κ1) is 17.8. The third-order valence-electron chi connectivity index (χ3n) is 3.63. The zero-order valence-electron chi connectivity index (χ0n) is 14.2. The number of para-hydroxylation sites is 1. The number of aliphatic imine (C=N–C) groups is 1. The van der Waals surface area contributed by atoms with Crippen LogP contribution < -0.4 is 10.1 Å². The molecule has 0 spiro atoms. The second kappa shape index (κ2) is 7.93. The lowest BCUT2D eigenvalue weighted by atomic mass is 10.2. The molecule has 1 aliphatic heterocycles. The van der Waals surface area contributed by atoms with E-state index in [0.717, 1.165) is 16.9 Å². The average molecular weight is 366 g/mol. The van der Waals surface area contributed by atoms with Crippen LogP contribution in [0.5, 0.6) is 11.5 Å². The maximum absolute atomic E-state index is 12.2. The Kier molecular flexibility index (Phi) is 5.43. The van der Waals surface area contributed by atoms with Gasteiger partial charge in [-0.1, -0.05) is 36.9 Å². The summed E-state index contributed by atoms with van der Waals surface area (Å²) in [6.07, 6.45) is 3.47. The van der Waals surface area contributed by atoms with Crippen LogP contribution in [0.1, 0.15) is 11.1 Å². The van der Waals surface area contributed by atoms with Gasteiger partial charge in [0.2, 0.25) is 0 Å². The number of carbonyl (C=O) groups excluding carboxylic acids is 1. The molecule has 5 nitrogen and oxygen atoms in total. The van der Waals surface area contributed by atoms with Crippen LogP contribution in [0.3, 0.4) is 0 Å². The molecule has 0 bridgehead atoms. The molecule has 0 unspecified atom stereocenters. The van der Waals surface area contributed by atoms with Gasteiger partial charge < -0.3 is 15.2 Å². The third-order valence-corrected chi connectivity index (χ3v) is 4.54. The largest absolute Gasteiger partial charge is 0.506 e. The van der Waals surface area contributed by atoms with E-state index < -0.39 is 0 Å². The summed E-state index contributed by atoms with van der Waals surface area (Å²) in [6, 6.07) is 12.6. The number of phenols is 1. The van der Waals surface area contributed by atoms with Crippen molar-refractivity contribution in [2.24, 2.45) is 4.99 Å². The van der Waals surface area contributed by atoms with E-state index >= 15 is 0 Å². The van der Waals surface area contributed by atoms with E-state index in [1.807, 2.05) is 37.3 Å². The number of aryl methyl sites for hydroxylation is 1. The number of hydrogen-bond acceptors (Lipinski definition) is 5. The summed E-state index contributed by atoms with van der Waals surface area (Å²) in [5.41, 5.74) is 2.17. The maximum Gasteiger partial charge on any atom is 0.264 e. The van der Waals surface area contributed by atoms with Crippen LogP contribution in [0, 0.1) is 6.92 Å². The molecule has 2 aromatic carbocycles. The molecule has 1 fully saturated rings. The minimum absolute atomic E-state index is 0.0832. The number of carbonyl (C=O) groups is 1. The van der Waals surface area contributed by atoms with E-state index in [0.29, 0.717) is 22.4 Å². The Hall–Kier alpha value is -2.99. The monoisotopic (exact) mass is 366 g/mol. The average Bonchev–Trinajstić information content (AvgIpc) is 2.97. The molecular formula is C20H18N2O3S. The standard InChI is InChI=1S/C20H18N2O3S/c1-3-11-25-15-9-7-14(8-10-15)12-17-19(24)22-20(26-17)21-18-13(2)5-4-6-16(18)23/h3-10,12,23H,1,11H2,2H3,(H,21,22,24)/b17-12-. The summed E-state index contributed by atoms with van der Waals surface area (Å²) in [7, 11) is 0. The first-order chi connectivity index (χ1) is 12.6. The number of amidine groups is 1. The number of benzene rings is 2. The Bertz CT molecular complexity index is 882. The van der Waals surface area contributed by atoms with Crippen molar-refractivity contribution in [3.63, 3.8) is 0 Å². The minimum atomic E-state index is -0.214. The van der Waals surface area contributed by atoms with Gasteiger partial charge in [0.15, 0.2) is 5.17 Å². The fraction of sp³-hybridized carbons (Fsp3) is 0.100. The molecule has 0 atom stereocenters. The molecule has 1 aliphatic rings. The molecule has 2 N–H and O–H groups in total. The highest BCUT2D eigenvalue weighted by Gasteiger charge is 2.24. The van der Waals surface area contributed by atoms with E-state index in [2.05, 4.69) is 16.9 Å². The summed E-state index contributed by atoms with van der Waals surface area (Å²) in [5.74, 6) is 0.613. The zero-order valence-corrected chi connectivity index (χ0v) is 15.0. The van der Waals surface area contributed by atoms with Gasteiger partial charge in [-0.05, 0) is 54.1 Å². The smallest absolute Gasteiger partial charge is 0.264 e. The molecule has 1 saturated heterocycles. The van der Waals surface area contributed by atoms with Gasteiger partial charge in [0.25, 0.3) is 5.91 Å². The second-order valence-corrected chi connectivity index (χ2v) is 6.62. The molecule has 0 saturated carbocycles. The lowest BCUT2D eigenvalue weighted by Crippen LogP contribution is -2.19. The van der Waals surface area contributed by atoms with E-state index in [1.165, 1.54) is 11.8 Å². The summed E-state index contributed by atoms with van der Waals surface area (Å²) in [5, 5.41) is 13.1. The highest BCUT2D eigenvalue weighted by atomic mass is 32.2. The topological polar surface area (TPSA) is 70.9 Å². The van der Waals surface area contributed by atoms with Crippen LogP contribution in [0.4, 0.5) is 5.69 Å². The summed E-state index contributed by atoms with van der Waals surface area (Å²) >= 11 is 1.24. The Labute approximate surface area is 156 Å². The minimum Gasteiger partial charge on any atom is -0.506 e. The molecule has 1 amide bonds. The summed E-state index contributed by atoms with van der Waals surface area (Å²) in [4.78, 5) is 17.1. The van der Waals surface area contributed by atoms with Crippen LogP contribution in [0.25, 0.3) is 6.08 Å². The molecule has 132 valence electrons. The predicted octanol–water partition coefficient (Wildman–Crippen LogP) is 4.16. The number of nitrogens with zero attached hydrogens (tertiary/aromatic N) is 1. The third kappa shape index (κ3) is 4.15. The van der Waals surface area contributed by atoms with E-state index in [9.17, 15) is 9.90 Å². The molecule has 6 heteroatoms. The molecule has 0 aromatic heterocycles. The lowest BCUT2D eigenvalue weighted by Gasteiger charge is -2.03. The number of phenolic OH excluding ortho intramolecular Hbond substituents is 1. The van der Waals surface area contributed by atoms with Crippen LogP contribution >= 0.6 is 11.8 Å². The maximum atomic E-state index is 12.2. The molecule has 26 heavy (non-hydrogen) atoms. The normalized spacial score (nSPS) is 16.7. The summed E-state index contributed by atoms with van der Waals surface area (Å²) < 4.78 is 5.44. The number of thioether (sulfide) groups is 1. The van der Waals surface area contributed by atoms with E-state index in [-0.39, 0.29) is 11.7 Å². The van der Waals surface area contributed by atoms with Crippen LogP contribution in [0.2, 0.25) is 0 Å². The number of rotatable bonds is 5. The molecular weight excluding hydrogens is 348 g/mol. The number of hydrogen-bond donors (Lipinski definition) is 2. The molecule has 1 heterocycles. The fourth-order valence-electron chi connectivity index (χ4n) is 2.34. The zero-order chi connectivity index (χ0) is 18.5. The van der Waals surface area contributed by atoms with Crippen molar-refractivity contribution in [2.45, 2.75) is 6.92 Å². The quantitative estimate of drug-likeness (QED) is 0.616. The first-order valence-corrected chi connectivity index (χ1v) is 8.80. The molecule has 0 aliphatic carbocycles. The van der Waals surface area contributed by atoms with E-state index in [1.54, 1.807) is 24.3 Å². The van der Waals surface area contributed by atoms with Crippen molar-refractivity contribution in [3.8, 4) is 11.5 Å². The highest BCUT2D eigenvalue weighted by Crippen LogP contribution is 2.33. The van der Waals surface area contributed by atoms with Gasteiger partial charge in [-0.3, -0.25) is 4.79 Å². The fourth-order valence-corrected chi connectivity index (χ4v) is 3.17. The van der Waals surface area contributed by atoms with Crippen molar-refractivity contribution in [1.29, 1.82) is 0 Å². The Morgan fingerprint density at radius 3 is 2.73 bits per heavy atom. The highest BCUT2D eigenvalue weighted by molar-refractivity contribution is 8.18. The SMILES string of the molecule is C=CCOc1ccc(/C=C2\SC(=Nc3c(C)cccc3O)NC2=O)cc1. The van der Waals surface area contributed by atoms with Gasteiger partial charge >= 0.3 is 0 Å². The van der Waals surface area contributed by atoms with Crippen molar-refractivity contribution in [2.75, 3.05) is 6.61 Å². The first-order valence-electron chi connectivity index (χ1n) is 7.99. The van der Waals surface area contributed by atoms with Crippen molar-refractivity contribution < 1.29 is 14.6 Å². The Balaban J connectivity index is 1.78. The number of ether oxygens (including phenoxy) is 1. The van der Waals surface area contributed by atoms with Crippen LogP contribution in [-0.4, -0.2) is 22.8 Å². The molecule has 2 aromatic rings. The van der Waals surface area contributed by atoms with Gasteiger partial charge in [0, 0.05) is 0 Å². The lowest BCUT2D eigenvalue weighted by molar-refractivity contribution is -0.115. The van der Waals surface area contributed by atoms with Gasteiger partial charge in [-0.25, -0.2) is 4.99 Å². The van der Waals surface area contributed by atoms with Gasteiger partial charge in [0.1, 0.15) is 23.8 Å². The second-order valence-electron chi connectivity index (χ2n) is 5.59. The van der Waals surface area contributed by atoms with E-state index in [4.69, 9.17) is 4.74 Å². The van der Waals surface area contributed by atoms with Gasteiger partial charge in [-0.2, -0.15) is 0 Å². The van der Waals surface area contributed by atoms with Crippen LogP contribution in [-0.2, 0) is 4.79 Å². The molecule has 3 rings (SSSR count). The van der Waals surface area contributed by atoms with Gasteiger partial charge in [-0.15, -0.1) is 0 Å². The summed E-state index contributed by atoms with van der Waals surface area (Å²) in [6.45, 7) is 5.91. The molecule has 0 radical (unpaired) electrons.